The van der Waals surface area contributed by atoms with Gasteiger partial charge in [-0.15, -0.1) is 5.10 Å². The molecule has 2 aromatic rings. The second-order valence-electron chi connectivity index (χ2n) is 4.15. The Morgan fingerprint density at radius 2 is 2.22 bits per heavy atom. The maximum Gasteiger partial charge on any atom is 0.311 e. The zero-order valence-electron chi connectivity index (χ0n) is 12.0. The van der Waals surface area contributed by atoms with Gasteiger partial charge in [0.2, 0.25) is 0 Å². The number of anilines is 1. The third-order valence-corrected chi connectivity index (χ3v) is 2.80. The van der Waals surface area contributed by atoms with E-state index in [4.69, 9.17) is 17.0 Å². The Morgan fingerprint density at radius 1 is 1.48 bits per heavy atom. The molecule has 0 fully saturated rings. The van der Waals surface area contributed by atoms with Crippen LogP contribution in [0.25, 0.3) is 0 Å². The number of nitrogens with one attached hydrogen (secondary N) is 2. The Kier molecular flexibility index (Phi) is 4.75. The summed E-state index contributed by atoms with van der Waals surface area (Å²) in [7, 11) is 2.87. The fourth-order valence-electron chi connectivity index (χ4n) is 1.62. The van der Waals surface area contributed by atoms with Gasteiger partial charge in [0.05, 0.1) is 19.1 Å². The quantitative estimate of drug-likeness (QED) is 0.457. The molecule has 0 aliphatic carbocycles. The van der Waals surface area contributed by atoms with Crippen LogP contribution in [0.2, 0.25) is 0 Å². The maximum atomic E-state index is 12.1. The molecule has 12 heteroatoms. The van der Waals surface area contributed by atoms with E-state index in [2.05, 4.69) is 26.0 Å². The number of tetrazole rings is 1. The number of nitro benzene ring substituents is 1. The molecule has 1 aromatic heterocycles. The van der Waals surface area contributed by atoms with Crippen molar-refractivity contribution in [3.05, 3.63) is 33.9 Å². The summed E-state index contributed by atoms with van der Waals surface area (Å²) in [5.74, 6) is -0.466. The number of carbonyl (C=O) groups is 1. The number of nitro groups is 1. The number of rotatable bonds is 4. The largest absolute Gasteiger partial charge is 0.490 e. The Morgan fingerprint density at radius 3 is 2.78 bits per heavy atom. The van der Waals surface area contributed by atoms with Crippen LogP contribution in [0.5, 0.6) is 5.75 Å². The summed E-state index contributed by atoms with van der Waals surface area (Å²) in [5, 5.41) is 26.9. The number of hydrogen-bond acceptors (Lipinski definition) is 8. The lowest BCUT2D eigenvalue weighted by Crippen LogP contribution is -2.34. The molecule has 1 aromatic carbocycles. The van der Waals surface area contributed by atoms with Crippen LogP contribution in [-0.2, 0) is 7.05 Å². The molecule has 0 atom stereocenters. The van der Waals surface area contributed by atoms with Gasteiger partial charge in [-0.3, -0.25) is 25.5 Å². The molecule has 0 unspecified atom stereocenters. The first-order chi connectivity index (χ1) is 10.9. The lowest BCUT2D eigenvalue weighted by molar-refractivity contribution is -0.385. The van der Waals surface area contributed by atoms with E-state index in [0.717, 1.165) is 6.07 Å². The Labute approximate surface area is 134 Å². The first-order valence-electron chi connectivity index (χ1n) is 6.09. The Balaban J connectivity index is 2.09. The van der Waals surface area contributed by atoms with E-state index in [0.29, 0.717) is 0 Å². The van der Waals surface area contributed by atoms with Crippen LogP contribution in [0, 0.1) is 10.1 Å². The number of benzene rings is 1. The highest BCUT2D eigenvalue weighted by atomic mass is 32.1. The lowest BCUT2D eigenvalue weighted by atomic mass is 10.2. The molecular formula is C11H11N7O4S. The highest BCUT2D eigenvalue weighted by molar-refractivity contribution is 7.80. The van der Waals surface area contributed by atoms with Crippen molar-refractivity contribution in [1.29, 1.82) is 0 Å². The standard InChI is InChI=1S/C11H11N7O4S/c1-17-15-10(14-16-17)13-11(23)12-9(19)6-3-4-8(22-2)7(5-6)18(20)21/h3-5H,1-2H3,(H2,12,13,15,19,23). The molecule has 11 nitrogen and oxygen atoms in total. The zero-order valence-corrected chi connectivity index (χ0v) is 12.8. The van der Waals surface area contributed by atoms with Crippen molar-refractivity contribution in [2.45, 2.75) is 0 Å². The monoisotopic (exact) mass is 337 g/mol. The molecule has 0 radical (unpaired) electrons. The van der Waals surface area contributed by atoms with Crippen molar-refractivity contribution in [2.75, 3.05) is 12.4 Å². The van der Waals surface area contributed by atoms with Gasteiger partial charge in [0.15, 0.2) is 10.9 Å². The fourth-order valence-corrected chi connectivity index (χ4v) is 1.80. The average Bonchev–Trinajstić information content (AvgIpc) is 2.91. The minimum atomic E-state index is -0.643. The number of aryl methyl sites for hydroxylation is 1. The summed E-state index contributed by atoms with van der Waals surface area (Å²) in [6, 6.07) is 3.80. The van der Waals surface area contributed by atoms with Crippen LogP contribution in [0.1, 0.15) is 10.4 Å². The van der Waals surface area contributed by atoms with Gasteiger partial charge in [0.25, 0.3) is 11.9 Å². The number of nitrogens with zero attached hydrogens (tertiary/aromatic N) is 5. The second kappa shape index (κ2) is 6.74. The lowest BCUT2D eigenvalue weighted by Gasteiger charge is -2.07. The number of amides is 1. The topological polar surface area (TPSA) is 137 Å². The van der Waals surface area contributed by atoms with Crippen molar-refractivity contribution in [3.63, 3.8) is 0 Å². The molecule has 1 heterocycles. The van der Waals surface area contributed by atoms with Gasteiger partial charge in [0, 0.05) is 11.6 Å². The Bertz CT molecular complexity index is 775. The van der Waals surface area contributed by atoms with Gasteiger partial charge < -0.3 is 4.74 Å². The molecule has 0 aliphatic heterocycles. The predicted molar refractivity (Wildman–Crippen MR) is 82.1 cm³/mol. The Hall–Kier alpha value is -3.15. The van der Waals surface area contributed by atoms with E-state index in [-0.39, 0.29) is 28.1 Å². The third kappa shape index (κ3) is 3.94. The van der Waals surface area contributed by atoms with Crippen LogP contribution < -0.4 is 15.4 Å². The number of thiocarbonyl (C=S) groups is 1. The number of ether oxygens (including phenoxy) is 1. The second-order valence-corrected chi connectivity index (χ2v) is 4.56. The summed E-state index contributed by atoms with van der Waals surface area (Å²) in [6.45, 7) is 0. The summed E-state index contributed by atoms with van der Waals surface area (Å²) in [5.41, 5.74) is -0.275. The molecule has 0 saturated heterocycles. The van der Waals surface area contributed by atoms with Crippen molar-refractivity contribution in [2.24, 2.45) is 7.05 Å². The third-order valence-electron chi connectivity index (χ3n) is 2.60. The summed E-state index contributed by atoms with van der Waals surface area (Å²) in [6.07, 6.45) is 0. The maximum absolute atomic E-state index is 12.1. The predicted octanol–water partition coefficient (Wildman–Crippen LogP) is 0.254. The molecule has 0 aliphatic rings. The van der Waals surface area contributed by atoms with Crippen LogP contribution in [0.15, 0.2) is 18.2 Å². The van der Waals surface area contributed by atoms with Gasteiger partial charge in [-0.25, -0.2) is 0 Å². The SMILES string of the molecule is COc1ccc(C(=O)NC(=S)Nc2nnn(C)n2)cc1[N+](=O)[O-]. The summed E-state index contributed by atoms with van der Waals surface area (Å²) < 4.78 is 4.87. The minimum absolute atomic E-state index is 0.0498. The molecule has 23 heavy (non-hydrogen) atoms. The number of methoxy groups -OCH3 is 1. The van der Waals surface area contributed by atoms with Gasteiger partial charge in [-0.05, 0) is 29.6 Å². The number of aromatic nitrogens is 4. The highest BCUT2D eigenvalue weighted by Crippen LogP contribution is 2.27. The van der Waals surface area contributed by atoms with E-state index in [1.807, 2.05) is 0 Å². The number of hydrogen-bond donors (Lipinski definition) is 2. The molecule has 0 bridgehead atoms. The van der Waals surface area contributed by atoms with E-state index < -0.39 is 10.8 Å². The van der Waals surface area contributed by atoms with Gasteiger partial charge >= 0.3 is 5.69 Å². The van der Waals surface area contributed by atoms with Gasteiger partial charge in [0.1, 0.15) is 0 Å². The van der Waals surface area contributed by atoms with Crippen molar-refractivity contribution in [3.8, 4) is 5.75 Å². The summed E-state index contributed by atoms with van der Waals surface area (Å²) >= 11 is 4.94. The molecule has 0 saturated carbocycles. The van der Waals surface area contributed by atoms with Crippen LogP contribution in [0.4, 0.5) is 11.6 Å². The highest BCUT2D eigenvalue weighted by Gasteiger charge is 2.18. The van der Waals surface area contributed by atoms with Crippen LogP contribution in [-0.4, -0.2) is 43.3 Å². The van der Waals surface area contributed by atoms with E-state index in [1.165, 1.54) is 24.0 Å². The normalized spacial score (nSPS) is 10.0. The average molecular weight is 337 g/mol. The fraction of sp³-hybridized carbons (Fsp3) is 0.182. The van der Waals surface area contributed by atoms with Crippen LogP contribution >= 0.6 is 12.2 Å². The zero-order chi connectivity index (χ0) is 17.0. The molecule has 2 rings (SSSR count). The number of carbonyl (C=O) groups excluding carboxylic acids is 1. The first kappa shape index (κ1) is 16.2. The minimum Gasteiger partial charge on any atom is -0.490 e. The molecular weight excluding hydrogens is 326 g/mol. The first-order valence-corrected chi connectivity index (χ1v) is 6.50. The van der Waals surface area contributed by atoms with E-state index in [9.17, 15) is 14.9 Å². The molecule has 0 spiro atoms. The van der Waals surface area contributed by atoms with Gasteiger partial charge in [-0.1, -0.05) is 5.10 Å². The molecule has 2 N–H and O–H groups in total. The van der Waals surface area contributed by atoms with Gasteiger partial charge in [-0.2, -0.15) is 4.80 Å². The van der Waals surface area contributed by atoms with Crippen LogP contribution in [0.3, 0.4) is 0 Å². The molecule has 1 amide bonds. The van der Waals surface area contributed by atoms with Crippen molar-refractivity contribution < 1.29 is 14.5 Å². The van der Waals surface area contributed by atoms with Crippen molar-refractivity contribution >= 4 is 34.9 Å². The van der Waals surface area contributed by atoms with E-state index in [1.54, 1.807) is 7.05 Å². The van der Waals surface area contributed by atoms with E-state index >= 15 is 0 Å². The molecule has 120 valence electrons. The van der Waals surface area contributed by atoms with Crippen molar-refractivity contribution in [1.82, 2.24) is 25.5 Å². The summed E-state index contributed by atoms with van der Waals surface area (Å²) in [4.78, 5) is 23.6. The smallest absolute Gasteiger partial charge is 0.311 e.